The number of nitrogens with zero attached hydrogens (tertiary/aromatic N) is 1. The van der Waals surface area contributed by atoms with Gasteiger partial charge in [-0.25, -0.2) is 0 Å². The predicted molar refractivity (Wildman–Crippen MR) is 75.1 cm³/mol. The van der Waals surface area contributed by atoms with Gasteiger partial charge in [0.05, 0.1) is 6.54 Å². The van der Waals surface area contributed by atoms with Crippen LogP contribution in [0.4, 0.5) is 0 Å². The third kappa shape index (κ3) is 5.19. The predicted octanol–water partition coefficient (Wildman–Crippen LogP) is 0.720. The summed E-state index contributed by atoms with van der Waals surface area (Å²) in [5, 5.41) is 0. The highest BCUT2D eigenvalue weighted by molar-refractivity contribution is 5.85. The Kier molecular flexibility index (Phi) is 5.79. The maximum Gasteiger partial charge on any atom is 0.237 e. The lowest BCUT2D eigenvalue weighted by Crippen LogP contribution is -2.46. The van der Waals surface area contributed by atoms with E-state index in [-0.39, 0.29) is 24.4 Å². The number of primary amides is 1. The molecule has 0 aromatic rings. The molecule has 0 saturated heterocycles. The van der Waals surface area contributed by atoms with Gasteiger partial charge >= 0.3 is 0 Å². The molecule has 5 heteroatoms. The summed E-state index contributed by atoms with van der Waals surface area (Å²) in [5.41, 5.74) is 11.2. The number of carbonyl (C=O) groups is 2. The molecule has 3 unspecified atom stereocenters. The van der Waals surface area contributed by atoms with Gasteiger partial charge < -0.3 is 16.4 Å². The summed E-state index contributed by atoms with van der Waals surface area (Å²) in [6.07, 6.45) is 2.56. The molecule has 0 radical (unpaired) electrons. The summed E-state index contributed by atoms with van der Waals surface area (Å²) >= 11 is 0. The van der Waals surface area contributed by atoms with Crippen molar-refractivity contribution in [3.63, 3.8) is 0 Å². The molecular weight excluding hydrogens is 242 g/mol. The summed E-state index contributed by atoms with van der Waals surface area (Å²) in [5.74, 6) is 0.304. The van der Waals surface area contributed by atoms with E-state index in [1.165, 1.54) is 0 Å². The van der Waals surface area contributed by atoms with E-state index < -0.39 is 5.91 Å². The number of amides is 2. The second-order valence-electron chi connectivity index (χ2n) is 6.35. The molecule has 1 fully saturated rings. The lowest BCUT2D eigenvalue weighted by molar-refractivity contribution is -0.140. The largest absolute Gasteiger partial charge is 0.368 e. The Bertz CT molecular complexity index is 321. The van der Waals surface area contributed by atoms with Crippen molar-refractivity contribution in [3.8, 4) is 0 Å². The molecular formula is C14H27N3O2. The van der Waals surface area contributed by atoms with Gasteiger partial charge in [-0.1, -0.05) is 20.8 Å². The summed E-state index contributed by atoms with van der Waals surface area (Å²) in [7, 11) is 0. The van der Waals surface area contributed by atoms with E-state index in [2.05, 4.69) is 6.92 Å². The van der Waals surface area contributed by atoms with E-state index in [1.807, 2.05) is 13.8 Å². The first-order valence-electron chi connectivity index (χ1n) is 7.12. The molecule has 1 aliphatic carbocycles. The fourth-order valence-electron chi connectivity index (χ4n) is 2.98. The quantitative estimate of drug-likeness (QED) is 0.770. The van der Waals surface area contributed by atoms with Crippen LogP contribution in [0.2, 0.25) is 0 Å². The first-order chi connectivity index (χ1) is 8.79. The minimum atomic E-state index is -0.456. The molecule has 1 saturated carbocycles. The van der Waals surface area contributed by atoms with E-state index in [1.54, 1.807) is 4.90 Å². The average Bonchev–Trinajstić information content (AvgIpc) is 2.24. The Morgan fingerprint density at radius 3 is 2.37 bits per heavy atom. The SMILES string of the molecule is CC(C)CN(CC(N)=O)C(=O)C1CC(C)CC(N)C1. The standard InChI is InChI=1S/C14H27N3O2/c1-9(2)7-17(8-13(16)18)14(19)11-4-10(3)5-12(15)6-11/h9-12H,4-8,15H2,1-3H3,(H2,16,18). The van der Waals surface area contributed by atoms with Crippen molar-refractivity contribution < 1.29 is 9.59 Å². The summed E-state index contributed by atoms with van der Waals surface area (Å²) < 4.78 is 0. The molecule has 5 nitrogen and oxygen atoms in total. The summed E-state index contributed by atoms with van der Waals surface area (Å²) in [6, 6.07) is 0.0900. The highest BCUT2D eigenvalue weighted by atomic mass is 16.2. The molecule has 3 atom stereocenters. The van der Waals surface area contributed by atoms with Gasteiger partial charge in [0.2, 0.25) is 11.8 Å². The first-order valence-corrected chi connectivity index (χ1v) is 7.12. The molecule has 0 aromatic heterocycles. The van der Waals surface area contributed by atoms with Gasteiger partial charge in [0.15, 0.2) is 0 Å². The van der Waals surface area contributed by atoms with Gasteiger partial charge in [-0.2, -0.15) is 0 Å². The second kappa shape index (κ2) is 6.89. The Morgan fingerprint density at radius 1 is 1.26 bits per heavy atom. The topological polar surface area (TPSA) is 89.4 Å². The highest BCUT2D eigenvalue weighted by Gasteiger charge is 2.32. The van der Waals surface area contributed by atoms with Gasteiger partial charge in [-0.15, -0.1) is 0 Å². The van der Waals surface area contributed by atoms with Crippen LogP contribution in [0.25, 0.3) is 0 Å². The van der Waals surface area contributed by atoms with E-state index in [4.69, 9.17) is 11.5 Å². The zero-order valence-electron chi connectivity index (χ0n) is 12.3. The maximum absolute atomic E-state index is 12.5. The van der Waals surface area contributed by atoms with E-state index in [0.29, 0.717) is 18.4 Å². The van der Waals surface area contributed by atoms with Crippen LogP contribution in [0.5, 0.6) is 0 Å². The van der Waals surface area contributed by atoms with Crippen LogP contribution in [-0.2, 0) is 9.59 Å². The number of rotatable bonds is 5. The smallest absolute Gasteiger partial charge is 0.237 e. The van der Waals surface area contributed by atoms with Gasteiger partial charge in [0.1, 0.15) is 0 Å². The van der Waals surface area contributed by atoms with Gasteiger partial charge in [0, 0.05) is 18.5 Å². The molecule has 110 valence electrons. The normalized spacial score (nSPS) is 27.3. The molecule has 19 heavy (non-hydrogen) atoms. The zero-order valence-corrected chi connectivity index (χ0v) is 12.3. The van der Waals surface area contributed by atoms with Crippen molar-refractivity contribution >= 4 is 11.8 Å². The Morgan fingerprint density at radius 2 is 1.89 bits per heavy atom. The molecule has 0 aliphatic heterocycles. The monoisotopic (exact) mass is 269 g/mol. The van der Waals surface area contributed by atoms with Crippen LogP contribution < -0.4 is 11.5 Å². The number of hydrogen-bond acceptors (Lipinski definition) is 3. The van der Waals surface area contributed by atoms with Crippen molar-refractivity contribution in [2.45, 2.75) is 46.1 Å². The Labute approximate surface area is 115 Å². The summed E-state index contributed by atoms with van der Waals surface area (Å²) in [4.78, 5) is 25.2. The molecule has 0 aromatic carbocycles. The van der Waals surface area contributed by atoms with Crippen molar-refractivity contribution in [1.29, 1.82) is 0 Å². The molecule has 1 rings (SSSR count). The van der Waals surface area contributed by atoms with Crippen molar-refractivity contribution in [1.82, 2.24) is 4.90 Å². The van der Waals surface area contributed by atoms with Gasteiger partial charge in [-0.05, 0) is 31.1 Å². The first kappa shape index (κ1) is 16.0. The van der Waals surface area contributed by atoms with E-state index in [0.717, 1.165) is 19.3 Å². The van der Waals surface area contributed by atoms with Crippen molar-refractivity contribution in [3.05, 3.63) is 0 Å². The van der Waals surface area contributed by atoms with Crippen molar-refractivity contribution in [2.24, 2.45) is 29.2 Å². The van der Waals surface area contributed by atoms with E-state index in [9.17, 15) is 9.59 Å². The molecule has 2 amide bonds. The third-order valence-electron chi connectivity index (χ3n) is 3.57. The minimum absolute atomic E-state index is 0.0110. The molecule has 0 heterocycles. The molecule has 0 spiro atoms. The second-order valence-corrected chi connectivity index (χ2v) is 6.35. The zero-order chi connectivity index (χ0) is 14.6. The lowest BCUT2D eigenvalue weighted by Gasteiger charge is -2.34. The van der Waals surface area contributed by atoms with E-state index >= 15 is 0 Å². The number of carbonyl (C=O) groups excluding carboxylic acids is 2. The van der Waals surface area contributed by atoms with Crippen LogP contribution in [0.3, 0.4) is 0 Å². The number of hydrogen-bond donors (Lipinski definition) is 2. The maximum atomic E-state index is 12.5. The lowest BCUT2D eigenvalue weighted by atomic mass is 9.79. The Hall–Kier alpha value is -1.10. The van der Waals surface area contributed by atoms with Crippen LogP contribution in [0.15, 0.2) is 0 Å². The fourth-order valence-corrected chi connectivity index (χ4v) is 2.98. The van der Waals surface area contributed by atoms with Crippen LogP contribution in [0, 0.1) is 17.8 Å². The van der Waals surface area contributed by atoms with Crippen LogP contribution in [0.1, 0.15) is 40.0 Å². The molecule has 4 N–H and O–H groups in total. The van der Waals surface area contributed by atoms with Gasteiger partial charge in [-0.3, -0.25) is 9.59 Å². The third-order valence-corrected chi connectivity index (χ3v) is 3.57. The minimum Gasteiger partial charge on any atom is -0.368 e. The van der Waals surface area contributed by atoms with Crippen LogP contribution in [-0.4, -0.2) is 35.8 Å². The fraction of sp³-hybridized carbons (Fsp3) is 0.857. The summed E-state index contributed by atoms with van der Waals surface area (Å²) in [6.45, 7) is 6.76. The Balaban J connectivity index is 2.71. The van der Waals surface area contributed by atoms with Gasteiger partial charge in [0.25, 0.3) is 0 Å². The molecule has 1 aliphatic rings. The number of nitrogens with two attached hydrogens (primary N) is 2. The average molecular weight is 269 g/mol. The van der Waals surface area contributed by atoms with Crippen LogP contribution >= 0.6 is 0 Å². The molecule has 0 bridgehead atoms. The van der Waals surface area contributed by atoms with Crippen molar-refractivity contribution in [2.75, 3.05) is 13.1 Å². The highest BCUT2D eigenvalue weighted by Crippen LogP contribution is 2.29.